The van der Waals surface area contributed by atoms with Crippen molar-refractivity contribution in [2.24, 2.45) is 11.8 Å². The highest BCUT2D eigenvalue weighted by atomic mass is 16.1. The Kier molecular flexibility index (Phi) is 5.21. The van der Waals surface area contributed by atoms with E-state index in [1.165, 1.54) is 38.5 Å². The largest absolute Gasteiger partial charge is 0.300 e. The minimum atomic E-state index is 0.349. The molecule has 0 radical (unpaired) electrons. The van der Waals surface area contributed by atoms with E-state index in [2.05, 4.69) is 6.92 Å². The second-order valence-corrected chi connectivity index (χ2v) is 4.97. The van der Waals surface area contributed by atoms with E-state index >= 15 is 0 Å². The van der Waals surface area contributed by atoms with Crippen LogP contribution < -0.4 is 0 Å². The Morgan fingerprint density at radius 2 is 1.93 bits per heavy atom. The molecule has 1 aliphatic rings. The van der Waals surface area contributed by atoms with E-state index in [1.807, 2.05) is 0 Å². The van der Waals surface area contributed by atoms with Gasteiger partial charge in [0.15, 0.2) is 0 Å². The minimum absolute atomic E-state index is 0.349. The van der Waals surface area contributed by atoms with Crippen molar-refractivity contribution in [2.45, 2.75) is 65.2 Å². The van der Waals surface area contributed by atoms with Crippen molar-refractivity contribution in [1.82, 2.24) is 0 Å². The lowest BCUT2D eigenvalue weighted by Gasteiger charge is -2.28. The molecule has 0 amide bonds. The number of hydrogen-bond acceptors (Lipinski definition) is 1. The van der Waals surface area contributed by atoms with Crippen molar-refractivity contribution in [3.63, 3.8) is 0 Å². The Balaban J connectivity index is 2.07. The van der Waals surface area contributed by atoms with Crippen LogP contribution in [0.15, 0.2) is 0 Å². The number of carbonyl (C=O) groups is 1. The summed E-state index contributed by atoms with van der Waals surface area (Å²) in [4.78, 5) is 10.8. The first-order valence-electron chi connectivity index (χ1n) is 6.19. The second kappa shape index (κ2) is 6.21. The molecule has 14 heavy (non-hydrogen) atoms. The number of carbonyl (C=O) groups excluding carboxylic acids is 1. The Labute approximate surface area is 88.3 Å². The van der Waals surface area contributed by atoms with Crippen LogP contribution in [0.2, 0.25) is 0 Å². The van der Waals surface area contributed by atoms with Crippen LogP contribution in [-0.2, 0) is 4.79 Å². The first-order valence-corrected chi connectivity index (χ1v) is 6.19. The molecule has 82 valence electrons. The van der Waals surface area contributed by atoms with E-state index in [0.29, 0.717) is 5.78 Å². The molecule has 0 heterocycles. The van der Waals surface area contributed by atoms with Crippen molar-refractivity contribution in [3.8, 4) is 0 Å². The number of ketones is 1. The second-order valence-electron chi connectivity index (χ2n) is 4.97. The van der Waals surface area contributed by atoms with Gasteiger partial charge in [-0.05, 0) is 25.2 Å². The molecule has 0 N–H and O–H groups in total. The van der Waals surface area contributed by atoms with Crippen LogP contribution in [0.4, 0.5) is 0 Å². The van der Waals surface area contributed by atoms with Crippen LogP contribution in [0.1, 0.15) is 65.2 Å². The van der Waals surface area contributed by atoms with Gasteiger partial charge in [0.2, 0.25) is 0 Å². The lowest BCUT2D eigenvalue weighted by Crippen LogP contribution is -2.16. The standard InChI is InChI=1S/C13H24O/c1-11-7-3-5-9-13(11)10-6-4-8-12(2)14/h11,13H,3-10H2,1-2H3. The lowest BCUT2D eigenvalue weighted by atomic mass is 9.78. The zero-order chi connectivity index (χ0) is 10.4. The summed E-state index contributed by atoms with van der Waals surface area (Å²) in [7, 11) is 0. The van der Waals surface area contributed by atoms with Gasteiger partial charge < -0.3 is 4.79 Å². The van der Waals surface area contributed by atoms with E-state index in [4.69, 9.17) is 0 Å². The molecular weight excluding hydrogens is 172 g/mol. The maximum absolute atomic E-state index is 10.8. The van der Waals surface area contributed by atoms with E-state index in [1.54, 1.807) is 6.92 Å². The molecule has 1 saturated carbocycles. The smallest absolute Gasteiger partial charge is 0.129 e. The maximum Gasteiger partial charge on any atom is 0.129 e. The summed E-state index contributed by atoms with van der Waals surface area (Å²) < 4.78 is 0. The molecule has 0 aliphatic heterocycles. The summed E-state index contributed by atoms with van der Waals surface area (Å²) in [6.07, 6.45) is 10.2. The van der Waals surface area contributed by atoms with Gasteiger partial charge >= 0.3 is 0 Å². The molecule has 2 unspecified atom stereocenters. The van der Waals surface area contributed by atoms with Crippen LogP contribution in [0.5, 0.6) is 0 Å². The molecule has 1 aliphatic carbocycles. The number of unbranched alkanes of at least 4 members (excludes halogenated alkanes) is 1. The fourth-order valence-corrected chi connectivity index (χ4v) is 2.60. The van der Waals surface area contributed by atoms with Crippen LogP contribution in [0.25, 0.3) is 0 Å². The Hall–Kier alpha value is -0.330. The fraction of sp³-hybridized carbons (Fsp3) is 0.923. The minimum Gasteiger partial charge on any atom is -0.300 e. The third-order valence-corrected chi connectivity index (χ3v) is 3.64. The van der Waals surface area contributed by atoms with Crippen LogP contribution in [-0.4, -0.2) is 5.78 Å². The Morgan fingerprint density at radius 1 is 1.21 bits per heavy atom. The molecule has 1 fully saturated rings. The summed E-state index contributed by atoms with van der Waals surface area (Å²) in [6.45, 7) is 4.10. The quantitative estimate of drug-likeness (QED) is 0.608. The van der Waals surface area contributed by atoms with E-state index < -0.39 is 0 Å². The highest BCUT2D eigenvalue weighted by Crippen LogP contribution is 2.33. The fourth-order valence-electron chi connectivity index (χ4n) is 2.60. The average Bonchev–Trinajstić information content (AvgIpc) is 2.15. The van der Waals surface area contributed by atoms with Gasteiger partial charge in [-0.2, -0.15) is 0 Å². The third kappa shape index (κ3) is 4.26. The van der Waals surface area contributed by atoms with Crippen molar-refractivity contribution in [1.29, 1.82) is 0 Å². The molecule has 2 atom stereocenters. The van der Waals surface area contributed by atoms with Crippen molar-refractivity contribution in [3.05, 3.63) is 0 Å². The predicted octanol–water partition coefficient (Wildman–Crippen LogP) is 3.96. The normalized spacial score (nSPS) is 27.6. The molecule has 0 spiro atoms. The summed E-state index contributed by atoms with van der Waals surface area (Å²) in [6, 6.07) is 0. The maximum atomic E-state index is 10.8. The molecule has 1 heteroatoms. The summed E-state index contributed by atoms with van der Waals surface area (Å²) in [5, 5.41) is 0. The van der Waals surface area contributed by atoms with Gasteiger partial charge in [-0.25, -0.2) is 0 Å². The number of rotatable bonds is 5. The zero-order valence-electron chi connectivity index (χ0n) is 9.72. The van der Waals surface area contributed by atoms with Gasteiger partial charge in [0.05, 0.1) is 0 Å². The van der Waals surface area contributed by atoms with Gasteiger partial charge in [-0.3, -0.25) is 0 Å². The molecular formula is C13H24O. The third-order valence-electron chi connectivity index (χ3n) is 3.64. The van der Waals surface area contributed by atoms with Crippen molar-refractivity contribution >= 4 is 5.78 Å². The molecule has 0 saturated heterocycles. The molecule has 0 aromatic carbocycles. The van der Waals surface area contributed by atoms with Crippen LogP contribution in [0.3, 0.4) is 0 Å². The van der Waals surface area contributed by atoms with Gasteiger partial charge in [-0.1, -0.05) is 45.4 Å². The molecule has 0 aromatic heterocycles. The monoisotopic (exact) mass is 196 g/mol. The Morgan fingerprint density at radius 3 is 2.57 bits per heavy atom. The summed E-state index contributed by atoms with van der Waals surface area (Å²) in [5.41, 5.74) is 0. The molecule has 1 nitrogen and oxygen atoms in total. The first-order chi connectivity index (χ1) is 6.70. The van der Waals surface area contributed by atoms with Gasteiger partial charge in [0, 0.05) is 6.42 Å². The number of Topliss-reactive ketones (excluding diaryl/α,β-unsaturated/α-hetero) is 1. The summed E-state index contributed by atoms with van der Waals surface area (Å²) >= 11 is 0. The number of hydrogen-bond donors (Lipinski definition) is 0. The van der Waals surface area contributed by atoms with Crippen molar-refractivity contribution in [2.75, 3.05) is 0 Å². The predicted molar refractivity (Wildman–Crippen MR) is 60.3 cm³/mol. The topological polar surface area (TPSA) is 17.1 Å². The molecule has 0 aromatic rings. The van der Waals surface area contributed by atoms with Crippen molar-refractivity contribution < 1.29 is 4.79 Å². The lowest BCUT2D eigenvalue weighted by molar-refractivity contribution is -0.117. The molecule has 1 rings (SSSR count). The Bertz CT molecular complexity index is 174. The first kappa shape index (κ1) is 11.7. The van der Waals surface area contributed by atoms with Gasteiger partial charge in [0.1, 0.15) is 5.78 Å². The average molecular weight is 196 g/mol. The van der Waals surface area contributed by atoms with Crippen LogP contribution in [0, 0.1) is 11.8 Å². The highest BCUT2D eigenvalue weighted by molar-refractivity contribution is 5.75. The van der Waals surface area contributed by atoms with Gasteiger partial charge in [0.25, 0.3) is 0 Å². The van der Waals surface area contributed by atoms with E-state index in [-0.39, 0.29) is 0 Å². The SMILES string of the molecule is CC(=O)CCCCC1CCCCC1C. The highest BCUT2D eigenvalue weighted by Gasteiger charge is 2.20. The summed E-state index contributed by atoms with van der Waals surface area (Å²) in [5.74, 6) is 2.23. The van der Waals surface area contributed by atoms with Gasteiger partial charge in [-0.15, -0.1) is 0 Å². The van der Waals surface area contributed by atoms with E-state index in [9.17, 15) is 4.79 Å². The van der Waals surface area contributed by atoms with E-state index in [0.717, 1.165) is 24.7 Å². The zero-order valence-corrected chi connectivity index (χ0v) is 9.72. The molecule has 0 bridgehead atoms. The van der Waals surface area contributed by atoms with Crippen LogP contribution >= 0.6 is 0 Å².